The van der Waals surface area contributed by atoms with Crippen molar-refractivity contribution in [1.29, 1.82) is 0 Å². The largest absolute Gasteiger partial charge is 0.295 e. The number of amides is 1. The Balaban J connectivity index is 2.04. The highest BCUT2D eigenvalue weighted by Gasteiger charge is 2.27. The van der Waals surface area contributed by atoms with Gasteiger partial charge in [-0.15, -0.1) is 0 Å². The van der Waals surface area contributed by atoms with Crippen molar-refractivity contribution in [3.05, 3.63) is 41.7 Å². The van der Waals surface area contributed by atoms with Crippen LogP contribution in [0, 0.1) is 6.92 Å². The molecule has 3 rings (SSSR count). The highest BCUT2D eigenvalue weighted by Crippen LogP contribution is 2.28. The summed E-state index contributed by atoms with van der Waals surface area (Å²) in [5.41, 5.74) is 2.28. The summed E-state index contributed by atoms with van der Waals surface area (Å²) in [4.78, 5) is 15.6. The molecule has 0 aliphatic carbocycles. The van der Waals surface area contributed by atoms with Gasteiger partial charge in [-0.25, -0.2) is 4.68 Å². The average Bonchev–Trinajstić information content (AvgIpc) is 2.77. The highest BCUT2D eigenvalue weighted by atomic mass is 16.2. The van der Waals surface area contributed by atoms with E-state index in [4.69, 9.17) is 0 Å². The maximum atomic E-state index is 11.6. The van der Waals surface area contributed by atoms with Crippen LogP contribution in [0.5, 0.6) is 0 Å². The van der Waals surface area contributed by atoms with Gasteiger partial charge < -0.3 is 0 Å². The van der Waals surface area contributed by atoms with Crippen LogP contribution in [0.3, 0.4) is 0 Å². The number of anilines is 1. The van der Waals surface area contributed by atoms with Gasteiger partial charge >= 0.3 is 0 Å². The molecule has 1 aromatic carbocycles. The van der Waals surface area contributed by atoms with Gasteiger partial charge in [0.05, 0.1) is 12.5 Å². The second-order valence-electron chi connectivity index (χ2n) is 4.21. The van der Waals surface area contributed by atoms with Crippen LogP contribution in [0.1, 0.15) is 23.6 Å². The molecule has 0 fully saturated rings. The normalized spacial score (nSPS) is 18.6. The summed E-state index contributed by atoms with van der Waals surface area (Å²) < 4.78 is 1.76. The zero-order valence-electron chi connectivity index (χ0n) is 9.42. The first-order chi connectivity index (χ1) is 8.24. The third kappa shape index (κ3) is 1.69. The van der Waals surface area contributed by atoms with Crippen molar-refractivity contribution in [2.75, 3.05) is 5.32 Å². The van der Waals surface area contributed by atoms with Gasteiger partial charge in [-0.1, -0.05) is 29.8 Å². The fourth-order valence-corrected chi connectivity index (χ4v) is 2.05. The lowest BCUT2D eigenvalue weighted by atomic mass is 10.0. The Labute approximate surface area is 98.5 Å². The van der Waals surface area contributed by atoms with Gasteiger partial charge in [-0.3, -0.25) is 10.1 Å². The minimum absolute atomic E-state index is 0.0175. The number of aryl methyl sites for hydroxylation is 1. The molecule has 0 spiro atoms. The molecular weight excluding hydrogens is 216 g/mol. The number of carbonyl (C=O) groups excluding carboxylic acids is 1. The molecular formula is C12H12N4O. The van der Waals surface area contributed by atoms with E-state index in [9.17, 15) is 4.79 Å². The van der Waals surface area contributed by atoms with Crippen molar-refractivity contribution in [2.24, 2.45) is 0 Å². The maximum absolute atomic E-state index is 11.6. The number of nitrogens with zero attached hydrogens (tertiary/aromatic N) is 3. The minimum atomic E-state index is -0.0538. The molecule has 86 valence electrons. The van der Waals surface area contributed by atoms with Crippen LogP contribution in [-0.2, 0) is 4.79 Å². The topological polar surface area (TPSA) is 59.8 Å². The molecule has 1 aliphatic rings. The van der Waals surface area contributed by atoms with E-state index in [2.05, 4.69) is 15.4 Å². The molecule has 1 atom stereocenters. The number of hydrogen-bond donors (Lipinski definition) is 1. The zero-order valence-corrected chi connectivity index (χ0v) is 9.42. The van der Waals surface area contributed by atoms with E-state index in [0.717, 1.165) is 5.56 Å². The molecule has 0 bridgehead atoms. The van der Waals surface area contributed by atoms with Crippen LogP contribution in [0.15, 0.2) is 30.6 Å². The fourth-order valence-electron chi connectivity index (χ4n) is 2.05. The van der Waals surface area contributed by atoms with Gasteiger partial charge in [-0.05, 0) is 12.5 Å². The summed E-state index contributed by atoms with van der Waals surface area (Å²) in [6.45, 7) is 2.04. The SMILES string of the molecule is Cc1ccc([C@@H]2CC(=O)Nc3ncnn32)cc1. The number of carbonyl (C=O) groups is 1. The molecule has 0 radical (unpaired) electrons. The molecule has 5 heteroatoms. The third-order valence-corrected chi connectivity index (χ3v) is 2.96. The van der Waals surface area contributed by atoms with E-state index in [1.54, 1.807) is 4.68 Å². The molecule has 1 aromatic heterocycles. The Morgan fingerprint density at radius 1 is 1.35 bits per heavy atom. The molecule has 1 amide bonds. The fraction of sp³-hybridized carbons (Fsp3) is 0.250. The quantitative estimate of drug-likeness (QED) is 0.805. The predicted molar refractivity (Wildman–Crippen MR) is 62.6 cm³/mol. The standard InChI is InChI=1S/C12H12N4O/c1-8-2-4-9(5-3-8)10-6-11(17)15-12-13-7-14-16(10)12/h2-5,7,10H,6H2,1H3,(H,13,14,15,17)/t10-/m0/s1. The summed E-state index contributed by atoms with van der Waals surface area (Å²) in [6.07, 6.45) is 1.86. The second kappa shape index (κ2) is 3.69. The maximum Gasteiger partial charge on any atom is 0.229 e. The number of rotatable bonds is 1. The lowest BCUT2D eigenvalue weighted by molar-refractivity contribution is -0.117. The summed E-state index contributed by atoms with van der Waals surface area (Å²) in [5.74, 6) is 0.503. The summed E-state index contributed by atoms with van der Waals surface area (Å²) >= 11 is 0. The summed E-state index contributed by atoms with van der Waals surface area (Å²) in [7, 11) is 0. The number of nitrogens with one attached hydrogen (secondary N) is 1. The van der Waals surface area contributed by atoms with Crippen molar-refractivity contribution in [2.45, 2.75) is 19.4 Å². The monoisotopic (exact) mass is 228 g/mol. The second-order valence-corrected chi connectivity index (χ2v) is 4.21. The Hall–Kier alpha value is -2.17. The lowest BCUT2D eigenvalue weighted by Crippen LogP contribution is -2.29. The Morgan fingerprint density at radius 3 is 2.88 bits per heavy atom. The van der Waals surface area contributed by atoms with E-state index < -0.39 is 0 Å². The van der Waals surface area contributed by atoms with Crippen LogP contribution in [-0.4, -0.2) is 20.7 Å². The smallest absolute Gasteiger partial charge is 0.229 e. The van der Waals surface area contributed by atoms with Crippen molar-refractivity contribution in [3.8, 4) is 0 Å². The molecule has 17 heavy (non-hydrogen) atoms. The number of benzene rings is 1. The molecule has 0 unspecified atom stereocenters. The first kappa shape index (κ1) is 10.0. The molecule has 0 saturated carbocycles. The summed E-state index contributed by atoms with van der Waals surface area (Å²) in [5, 5.41) is 6.86. The van der Waals surface area contributed by atoms with E-state index in [-0.39, 0.29) is 11.9 Å². The van der Waals surface area contributed by atoms with E-state index in [0.29, 0.717) is 12.4 Å². The van der Waals surface area contributed by atoms with Crippen LogP contribution >= 0.6 is 0 Å². The predicted octanol–water partition coefficient (Wildman–Crippen LogP) is 1.52. The van der Waals surface area contributed by atoms with Crippen LogP contribution in [0.4, 0.5) is 5.95 Å². The minimum Gasteiger partial charge on any atom is -0.295 e. The summed E-state index contributed by atoms with van der Waals surface area (Å²) in [6, 6.07) is 8.09. The first-order valence-corrected chi connectivity index (χ1v) is 5.50. The van der Waals surface area contributed by atoms with Gasteiger partial charge in [-0.2, -0.15) is 10.1 Å². The number of aromatic nitrogens is 3. The van der Waals surface area contributed by atoms with Gasteiger partial charge in [0.15, 0.2) is 0 Å². The number of fused-ring (bicyclic) bond motifs is 1. The Morgan fingerprint density at radius 2 is 2.12 bits per heavy atom. The van der Waals surface area contributed by atoms with Crippen molar-refractivity contribution in [3.63, 3.8) is 0 Å². The van der Waals surface area contributed by atoms with Gasteiger partial charge in [0, 0.05) is 0 Å². The van der Waals surface area contributed by atoms with Crippen LogP contribution in [0.25, 0.3) is 0 Å². The van der Waals surface area contributed by atoms with Crippen molar-refractivity contribution in [1.82, 2.24) is 14.8 Å². The molecule has 5 nitrogen and oxygen atoms in total. The van der Waals surface area contributed by atoms with E-state index in [1.807, 2.05) is 31.2 Å². The Kier molecular flexibility index (Phi) is 2.18. The van der Waals surface area contributed by atoms with Gasteiger partial charge in [0.2, 0.25) is 11.9 Å². The van der Waals surface area contributed by atoms with Crippen LogP contribution in [0.2, 0.25) is 0 Å². The molecule has 0 saturated heterocycles. The highest BCUT2D eigenvalue weighted by molar-refractivity contribution is 5.91. The zero-order chi connectivity index (χ0) is 11.8. The number of hydrogen-bond acceptors (Lipinski definition) is 3. The van der Waals surface area contributed by atoms with Gasteiger partial charge in [0.25, 0.3) is 0 Å². The molecule has 2 heterocycles. The van der Waals surface area contributed by atoms with Crippen molar-refractivity contribution < 1.29 is 4.79 Å². The van der Waals surface area contributed by atoms with E-state index in [1.165, 1.54) is 11.9 Å². The molecule has 1 aliphatic heterocycles. The van der Waals surface area contributed by atoms with Crippen LogP contribution < -0.4 is 5.32 Å². The third-order valence-electron chi connectivity index (χ3n) is 2.96. The molecule has 2 aromatic rings. The molecule has 1 N–H and O–H groups in total. The van der Waals surface area contributed by atoms with Gasteiger partial charge in [0.1, 0.15) is 6.33 Å². The lowest BCUT2D eigenvalue weighted by Gasteiger charge is -2.23. The average molecular weight is 228 g/mol. The van der Waals surface area contributed by atoms with Crippen molar-refractivity contribution >= 4 is 11.9 Å². The van der Waals surface area contributed by atoms with E-state index >= 15 is 0 Å². The Bertz CT molecular complexity index is 558. The first-order valence-electron chi connectivity index (χ1n) is 5.50.